The number of rotatable bonds is 5. The smallest absolute Gasteiger partial charge is 0.277 e. The highest BCUT2D eigenvalue weighted by molar-refractivity contribution is 7.99. The van der Waals surface area contributed by atoms with Gasteiger partial charge in [0.2, 0.25) is 0 Å². The molecule has 0 radical (unpaired) electrons. The lowest BCUT2D eigenvalue weighted by Gasteiger charge is -2.00. The summed E-state index contributed by atoms with van der Waals surface area (Å²) in [5, 5.41) is 29.9. The van der Waals surface area contributed by atoms with E-state index in [1.165, 1.54) is 11.3 Å². The molecule has 0 aliphatic heterocycles. The zero-order chi connectivity index (χ0) is 21.4. The van der Waals surface area contributed by atoms with Gasteiger partial charge in [-0.2, -0.15) is 5.26 Å². The number of nitriles is 1. The van der Waals surface area contributed by atoms with Gasteiger partial charge in [0, 0.05) is 10.1 Å². The van der Waals surface area contributed by atoms with Crippen LogP contribution in [0.3, 0.4) is 0 Å². The number of fused-ring (bicyclic) bond motifs is 2. The van der Waals surface area contributed by atoms with E-state index >= 15 is 0 Å². The fourth-order valence-electron chi connectivity index (χ4n) is 3.04. The van der Waals surface area contributed by atoms with E-state index in [1.807, 2.05) is 54.6 Å². The molecular weight excluding hydrogens is 454 g/mol. The number of thiophene rings is 1. The molecule has 7 nitrogen and oxygen atoms in total. The molecule has 31 heavy (non-hydrogen) atoms. The number of aromatic amines is 1. The van der Waals surface area contributed by atoms with E-state index in [9.17, 15) is 10.4 Å². The molecule has 0 amide bonds. The summed E-state index contributed by atoms with van der Waals surface area (Å²) in [5.41, 5.74) is 1.57. The first-order chi connectivity index (χ1) is 15.1. The summed E-state index contributed by atoms with van der Waals surface area (Å²) in [5.74, 6) is 0.563. The number of H-pyrrole nitrogens is 1. The van der Waals surface area contributed by atoms with Gasteiger partial charge < -0.3 is 14.5 Å². The lowest BCUT2D eigenvalue weighted by atomic mass is 10.2. The second-order valence-corrected chi connectivity index (χ2v) is 8.80. The van der Waals surface area contributed by atoms with Crippen molar-refractivity contribution in [2.75, 3.05) is 5.75 Å². The zero-order valence-electron chi connectivity index (χ0n) is 15.7. The van der Waals surface area contributed by atoms with Gasteiger partial charge in [-0.3, -0.25) is 0 Å². The molecule has 5 aromatic rings. The number of benzene rings is 2. The molecule has 5 rings (SSSR count). The van der Waals surface area contributed by atoms with Gasteiger partial charge in [-0.1, -0.05) is 53.7 Å². The normalized spacial score (nSPS) is 12.3. The van der Waals surface area contributed by atoms with Crippen molar-refractivity contribution >= 4 is 61.4 Å². The number of hydrogen-bond donors (Lipinski definition) is 2. The molecule has 0 aliphatic carbocycles. The van der Waals surface area contributed by atoms with E-state index in [0.29, 0.717) is 27.1 Å². The van der Waals surface area contributed by atoms with Gasteiger partial charge in [0.05, 0.1) is 21.8 Å². The number of thioether (sulfide) groups is 1. The van der Waals surface area contributed by atoms with E-state index in [2.05, 4.69) is 20.2 Å². The first-order valence-electron chi connectivity index (χ1n) is 9.05. The molecule has 3 aromatic heterocycles. The highest BCUT2D eigenvalue weighted by Crippen LogP contribution is 2.41. The van der Waals surface area contributed by atoms with Crippen molar-refractivity contribution in [3.63, 3.8) is 0 Å². The van der Waals surface area contributed by atoms with E-state index in [1.54, 1.807) is 0 Å². The number of hydrogen-bond acceptors (Lipinski definition) is 8. The summed E-state index contributed by atoms with van der Waals surface area (Å²) in [6, 6.07) is 17.2. The Morgan fingerprint density at radius 2 is 2.00 bits per heavy atom. The minimum atomic E-state index is -0.133. The predicted molar refractivity (Wildman–Crippen MR) is 122 cm³/mol. The van der Waals surface area contributed by atoms with Gasteiger partial charge in [0.15, 0.2) is 5.82 Å². The van der Waals surface area contributed by atoms with Crippen LogP contribution in [0.25, 0.3) is 37.5 Å². The molecule has 0 saturated carbocycles. The lowest BCUT2D eigenvalue weighted by Crippen LogP contribution is -1.95. The molecule has 10 heteroatoms. The number of nitrogens with one attached hydrogen (secondary N) is 1. The van der Waals surface area contributed by atoms with Crippen LogP contribution in [0.5, 0.6) is 0 Å². The van der Waals surface area contributed by atoms with Crippen molar-refractivity contribution in [1.29, 1.82) is 5.26 Å². The molecule has 0 saturated heterocycles. The van der Waals surface area contributed by atoms with Crippen molar-refractivity contribution in [3.8, 4) is 16.8 Å². The van der Waals surface area contributed by atoms with Gasteiger partial charge in [-0.15, -0.1) is 21.5 Å². The number of aliphatic hydroxyl groups is 1. The van der Waals surface area contributed by atoms with Crippen LogP contribution in [0.2, 0.25) is 5.02 Å². The third kappa shape index (κ3) is 3.65. The number of allylic oxidation sites excluding steroid dienone is 1. The van der Waals surface area contributed by atoms with Gasteiger partial charge in [-0.25, -0.2) is 4.98 Å². The minimum absolute atomic E-state index is 0.0657. The number of aliphatic hydroxyl groups excluding tert-OH is 1. The van der Waals surface area contributed by atoms with E-state index < -0.39 is 0 Å². The molecule has 0 atom stereocenters. The number of nitrogens with zero attached hydrogens (tertiary/aromatic N) is 4. The zero-order valence-corrected chi connectivity index (χ0v) is 18.1. The average Bonchev–Trinajstić information content (AvgIpc) is 3.50. The Balaban J connectivity index is 1.37. The summed E-state index contributed by atoms with van der Waals surface area (Å²) >= 11 is 9.07. The van der Waals surface area contributed by atoms with Crippen molar-refractivity contribution in [2.45, 2.75) is 5.22 Å². The Morgan fingerprint density at radius 3 is 2.81 bits per heavy atom. The van der Waals surface area contributed by atoms with Crippen LogP contribution in [0.1, 0.15) is 5.82 Å². The SMILES string of the molecule is N#C/C(=C(/O)CSc1nnc(-c2sc3ccccc3c2Cl)o1)c1nc2ccccc2[nH]1. The first-order valence-corrected chi connectivity index (χ1v) is 11.2. The summed E-state index contributed by atoms with van der Waals surface area (Å²) in [6.07, 6.45) is 0. The standard InChI is InChI=1S/C21H12ClN5O2S2/c22-17-11-5-1-4-8-16(11)31-18(17)20-26-27-21(29-20)30-10-15(28)12(9-23)19-24-13-6-2-3-7-14(13)25-19/h1-8,28H,10H2,(H,24,25)/b15-12-. The van der Waals surface area contributed by atoms with Crippen molar-refractivity contribution in [1.82, 2.24) is 20.2 Å². The maximum Gasteiger partial charge on any atom is 0.277 e. The Hall–Kier alpha value is -3.32. The Labute approximate surface area is 189 Å². The number of aromatic nitrogens is 4. The molecule has 0 spiro atoms. The quantitative estimate of drug-likeness (QED) is 0.184. The second-order valence-electron chi connectivity index (χ2n) is 6.44. The summed E-state index contributed by atoms with van der Waals surface area (Å²) in [4.78, 5) is 8.11. The van der Waals surface area contributed by atoms with Gasteiger partial charge in [0.1, 0.15) is 22.3 Å². The molecule has 3 heterocycles. The summed E-state index contributed by atoms with van der Waals surface area (Å²) < 4.78 is 6.75. The van der Waals surface area contributed by atoms with Gasteiger partial charge >= 0.3 is 0 Å². The highest BCUT2D eigenvalue weighted by Gasteiger charge is 2.19. The van der Waals surface area contributed by atoms with E-state index in [4.69, 9.17) is 16.0 Å². The number of halogens is 1. The van der Waals surface area contributed by atoms with Crippen molar-refractivity contribution in [2.24, 2.45) is 0 Å². The fourth-order valence-corrected chi connectivity index (χ4v) is 5.11. The van der Waals surface area contributed by atoms with Gasteiger partial charge in [0.25, 0.3) is 11.1 Å². The highest BCUT2D eigenvalue weighted by atomic mass is 35.5. The molecular formula is C21H12ClN5O2S2. The molecule has 0 fully saturated rings. The van der Waals surface area contributed by atoms with E-state index in [0.717, 1.165) is 27.4 Å². The van der Waals surface area contributed by atoms with Crippen molar-refractivity contribution < 1.29 is 9.52 Å². The average molecular weight is 466 g/mol. The van der Waals surface area contributed by atoms with Crippen LogP contribution >= 0.6 is 34.7 Å². The van der Waals surface area contributed by atoms with Crippen LogP contribution in [0.15, 0.2) is 63.9 Å². The molecule has 152 valence electrons. The Bertz CT molecular complexity index is 1460. The molecule has 2 aromatic carbocycles. The van der Waals surface area contributed by atoms with Gasteiger partial charge in [-0.05, 0) is 18.2 Å². The second kappa shape index (κ2) is 8.07. The number of para-hydroxylation sites is 2. The Kier molecular flexibility index (Phi) is 5.11. The van der Waals surface area contributed by atoms with E-state index in [-0.39, 0.29) is 22.3 Å². The summed E-state index contributed by atoms with van der Waals surface area (Å²) in [6.45, 7) is 0. The fraction of sp³-hybridized carbons (Fsp3) is 0.0476. The van der Waals surface area contributed by atoms with Crippen LogP contribution < -0.4 is 0 Å². The van der Waals surface area contributed by atoms with Crippen LogP contribution in [0.4, 0.5) is 0 Å². The first kappa shape index (κ1) is 19.6. The maximum absolute atomic E-state index is 10.5. The molecule has 2 N–H and O–H groups in total. The minimum Gasteiger partial charge on any atom is -0.510 e. The monoisotopic (exact) mass is 465 g/mol. The number of imidazole rings is 1. The van der Waals surface area contributed by atoms with Crippen LogP contribution in [0, 0.1) is 11.3 Å². The largest absolute Gasteiger partial charge is 0.510 e. The predicted octanol–water partition coefficient (Wildman–Crippen LogP) is 6.07. The molecule has 0 unspecified atom stereocenters. The molecule has 0 bridgehead atoms. The van der Waals surface area contributed by atoms with Crippen molar-refractivity contribution in [3.05, 3.63) is 65.1 Å². The molecule has 0 aliphatic rings. The topological polar surface area (TPSA) is 112 Å². The Morgan fingerprint density at radius 1 is 1.19 bits per heavy atom. The summed E-state index contributed by atoms with van der Waals surface area (Å²) in [7, 11) is 0. The third-order valence-corrected chi connectivity index (χ3v) is 6.99. The lowest BCUT2D eigenvalue weighted by molar-refractivity contribution is 0.418. The third-order valence-electron chi connectivity index (χ3n) is 4.49. The van der Waals surface area contributed by atoms with Crippen LogP contribution in [-0.2, 0) is 0 Å². The van der Waals surface area contributed by atoms with Crippen LogP contribution in [-0.4, -0.2) is 31.0 Å². The maximum atomic E-state index is 10.5.